The summed E-state index contributed by atoms with van der Waals surface area (Å²) in [6.07, 6.45) is 1.86. The van der Waals surface area contributed by atoms with Gasteiger partial charge in [0.15, 0.2) is 11.5 Å². The number of ether oxygens (including phenoxy) is 3. The Morgan fingerprint density at radius 2 is 1.76 bits per heavy atom. The van der Waals surface area contributed by atoms with Crippen LogP contribution in [0.3, 0.4) is 0 Å². The van der Waals surface area contributed by atoms with Gasteiger partial charge in [-0.25, -0.2) is 0 Å². The smallest absolute Gasteiger partial charge is 0.254 e. The summed E-state index contributed by atoms with van der Waals surface area (Å²) in [5, 5.41) is 5.05. The maximum atomic E-state index is 13.0. The number of nitrogens with zero attached hydrogens (tertiary/aromatic N) is 1. The average Bonchev–Trinajstić information content (AvgIpc) is 3.25. The van der Waals surface area contributed by atoms with E-state index in [0.717, 1.165) is 17.7 Å². The molecule has 0 radical (unpaired) electrons. The number of likely N-dealkylation sites (tertiary alicyclic amines) is 1. The molecule has 0 spiro atoms. The average molecular weight is 419 g/mol. The highest BCUT2D eigenvalue weighted by Crippen LogP contribution is 2.38. The van der Waals surface area contributed by atoms with Gasteiger partial charge in [0, 0.05) is 29.6 Å². The van der Waals surface area contributed by atoms with Gasteiger partial charge in [0.05, 0.1) is 27.8 Å². The number of carbonyl (C=O) groups is 2. The van der Waals surface area contributed by atoms with Crippen LogP contribution >= 0.6 is 11.3 Å². The molecule has 2 heterocycles. The standard InChI is InChI=1S/C21H26N2O5S/c1-26-17-11-14(12-18(27-2)20(17)28-3)21(25)23-8-6-15(7-9-23)22-19(24)13-16-5-4-10-29-16/h4-5,10-12,15H,6-9,13H2,1-3H3,(H,22,24). The van der Waals surface area contributed by atoms with E-state index >= 15 is 0 Å². The molecule has 7 nitrogen and oxygen atoms in total. The van der Waals surface area contributed by atoms with Crippen molar-refractivity contribution in [3.05, 3.63) is 40.1 Å². The second kappa shape index (κ2) is 9.65. The van der Waals surface area contributed by atoms with E-state index in [9.17, 15) is 9.59 Å². The molecule has 1 aromatic carbocycles. The van der Waals surface area contributed by atoms with Crippen molar-refractivity contribution >= 4 is 23.2 Å². The summed E-state index contributed by atoms with van der Waals surface area (Å²) in [4.78, 5) is 28.0. The first-order chi connectivity index (χ1) is 14.0. The normalized spacial score (nSPS) is 14.4. The van der Waals surface area contributed by atoms with Crippen LogP contribution in [0.1, 0.15) is 28.1 Å². The molecule has 8 heteroatoms. The van der Waals surface area contributed by atoms with Crippen LogP contribution in [0.15, 0.2) is 29.6 Å². The first-order valence-electron chi connectivity index (χ1n) is 9.46. The van der Waals surface area contributed by atoms with Crippen LogP contribution in [0.4, 0.5) is 0 Å². The molecule has 156 valence electrons. The molecule has 0 bridgehead atoms. The molecule has 2 amide bonds. The molecule has 1 saturated heterocycles. The third-order valence-electron chi connectivity index (χ3n) is 4.97. The maximum absolute atomic E-state index is 13.0. The van der Waals surface area contributed by atoms with Crippen molar-refractivity contribution in [3.63, 3.8) is 0 Å². The van der Waals surface area contributed by atoms with Crippen LogP contribution in [0.2, 0.25) is 0 Å². The predicted molar refractivity (Wildman–Crippen MR) is 111 cm³/mol. The Bertz CT molecular complexity index is 820. The van der Waals surface area contributed by atoms with Gasteiger partial charge in [0.2, 0.25) is 11.7 Å². The first kappa shape index (κ1) is 21.0. The molecule has 0 atom stereocenters. The van der Waals surface area contributed by atoms with Crippen molar-refractivity contribution in [1.29, 1.82) is 0 Å². The van der Waals surface area contributed by atoms with Gasteiger partial charge in [-0.3, -0.25) is 9.59 Å². The van der Waals surface area contributed by atoms with Crippen LogP contribution in [0.5, 0.6) is 17.2 Å². The number of rotatable bonds is 7. The first-order valence-corrected chi connectivity index (χ1v) is 10.3. The number of hydrogen-bond acceptors (Lipinski definition) is 6. The minimum atomic E-state index is -0.0902. The van der Waals surface area contributed by atoms with Crippen molar-refractivity contribution in [2.75, 3.05) is 34.4 Å². The fourth-order valence-electron chi connectivity index (χ4n) is 3.46. The van der Waals surface area contributed by atoms with E-state index in [-0.39, 0.29) is 17.9 Å². The molecule has 29 heavy (non-hydrogen) atoms. The minimum absolute atomic E-state index is 0.0295. The van der Waals surface area contributed by atoms with Gasteiger partial charge in [-0.05, 0) is 36.4 Å². The molecule has 1 aromatic heterocycles. The quantitative estimate of drug-likeness (QED) is 0.748. The molecule has 1 N–H and O–H groups in total. The third-order valence-corrected chi connectivity index (χ3v) is 5.85. The number of carbonyl (C=O) groups excluding carboxylic acids is 2. The van der Waals surface area contributed by atoms with Crippen molar-refractivity contribution in [2.45, 2.75) is 25.3 Å². The number of methoxy groups -OCH3 is 3. The Morgan fingerprint density at radius 1 is 1.10 bits per heavy atom. The zero-order valence-corrected chi connectivity index (χ0v) is 17.7. The second-order valence-electron chi connectivity index (χ2n) is 6.80. The van der Waals surface area contributed by atoms with Crippen molar-refractivity contribution in [2.24, 2.45) is 0 Å². The van der Waals surface area contributed by atoms with Crippen molar-refractivity contribution < 1.29 is 23.8 Å². The van der Waals surface area contributed by atoms with E-state index in [1.807, 2.05) is 17.5 Å². The van der Waals surface area contributed by atoms with Crippen molar-refractivity contribution in [3.8, 4) is 17.2 Å². The Labute approximate surface area is 174 Å². The zero-order valence-electron chi connectivity index (χ0n) is 16.9. The molecule has 1 aliphatic heterocycles. The van der Waals surface area contributed by atoms with Gasteiger partial charge in [-0.15, -0.1) is 11.3 Å². The van der Waals surface area contributed by atoms with Crippen LogP contribution in [0.25, 0.3) is 0 Å². The largest absolute Gasteiger partial charge is 0.493 e. The summed E-state index contributed by atoms with van der Waals surface area (Å²) in [5.41, 5.74) is 0.486. The van der Waals surface area contributed by atoms with E-state index in [1.54, 1.807) is 28.4 Å². The molecule has 0 aliphatic carbocycles. The maximum Gasteiger partial charge on any atom is 0.254 e. The number of nitrogens with one attached hydrogen (secondary N) is 1. The van der Waals surface area contributed by atoms with Gasteiger partial charge in [0.25, 0.3) is 5.91 Å². The van der Waals surface area contributed by atoms with Crippen molar-refractivity contribution in [1.82, 2.24) is 10.2 Å². The van der Waals surface area contributed by atoms with Crippen LogP contribution in [-0.2, 0) is 11.2 Å². The monoisotopic (exact) mass is 418 g/mol. The molecule has 3 rings (SSSR count). The zero-order chi connectivity index (χ0) is 20.8. The summed E-state index contributed by atoms with van der Waals surface area (Å²) in [5.74, 6) is 1.30. The lowest BCUT2D eigenvalue weighted by atomic mass is 10.0. The van der Waals surface area contributed by atoms with Crippen LogP contribution in [0, 0.1) is 0 Å². The number of amides is 2. The van der Waals surface area contributed by atoms with E-state index < -0.39 is 0 Å². The Morgan fingerprint density at radius 3 is 2.28 bits per heavy atom. The van der Waals surface area contributed by atoms with Gasteiger partial charge in [-0.1, -0.05) is 6.07 Å². The summed E-state index contributed by atoms with van der Waals surface area (Å²) in [6, 6.07) is 7.33. The SMILES string of the molecule is COc1cc(C(=O)N2CCC(NC(=O)Cc3cccs3)CC2)cc(OC)c1OC. The number of benzene rings is 1. The van der Waals surface area contributed by atoms with E-state index in [4.69, 9.17) is 14.2 Å². The van der Waals surface area contributed by atoms with Gasteiger partial charge < -0.3 is 24.4 Å². The third kappa shape index (κ3) is 5.00. The highest BCUT2D eigenvalue weighted by atomic mass is 32.1. The Kier molecular flexibility index (Phi) is 6.98. The van der Waals surface area contributed by atoms with Crippen LogP contribution in [-0.4, -0.2) is 57.2 Å². The second-order valence-corrected chi connectivity index (χ2v) is 7.84. The summed E-state index contributed by atoms with van der Waals surface area (Å²) >= 11 is 1.58. The molecular weight excluding hydrogens is 392 g/mol. The lowest BCUT2D eigenvalue weighted by molar-refractivity contribution is -0.121. The highest BCUT2D eigenvalue weighted by Gasteiger charge is 2.26. The number of piperidine rings is 1. The Balaban J connectivity index is 1.59. The minimum Gasteiger partial charge on any atom is -0.493 e. The molecule has 2 aromatic rings. The van der Waals surface area contributed by atoms with Gasteiger partial charge in [-0.2, -0.15) is 0 Å². The van der Waals surface area contributed by atoms with Crippen LogP contribution < -0.4 is 19.5 Å². The van der Waals surface area contributed by atoms with E-state index in [2.05, 4.69) is 5.32 Å². The molecule has 0 saturated carbocycles. The van der Waals surface area contributed by atoms with Gasteiger partial charge >= 0.3 is 0 Å². The lowest BCUT2D eigenvalue weighted by Gasteiger charge is -2.32. The number of hydrogen-bond donors (Lipinski definition) is 1. The van der Waals surface area contributed by atoms with E-state index in [1.165, 1.54) is 21.3 Å². The topological polar surface area (TPSA) is 77.1 Å². The van der Waals surface area contributed by atoms with E-state index in [0.29, 0.717) is 42.3 Å². The summed E-state index contributed by atoms with van der Waals surface area (Å²) in [6.45, 7) is 1.17. The fourth-order valence-corrected chi connectivity index (χ4v) is 4.17. The molecule has 1 fully saturated rings. The Hall–Kier alpha value is -2.74. The molecule has 1 aliphatic rings. The summed E-state index contributed by atoms with van der Waals surface area (Å²) < 4.78 is 16.0. The highest BCUT2D eigenvalue weighted by molar-refractivity contribution is 7.10. The van der Waals surface area contributed by atoms with Gasteiger partial charge in [0.1, 0.15) is 0 Å². The number of thiophene rings is 1. The fraction of sp³-hybridized carbons (Fsp3) is 0.429. The molecular formula is C21H26N2O5S. The molecule has 0 unspecified atom stereocenters. The predicted octanol–water partition coefficient (Wildman–Crippen LogP) is 2.74. The lowest BCUT2D eigenvalue weighted by Crippen LogP contribution is -2.46. The summed E-state index contributed by atoms with van der Waals surface area (Å²) in [7, 11) is 4.57.